The molecule has 0 spiro atoms. The van der Waals surface area contributed by atoms with E-state index in [2.05, 4.69) is 4.74 Å². The third-order valence-electron chi connectivity index (χ3n) is 1.81. The summed E-state index contributed by atoms with van der Waals surface area (Å²) >= 11 is 0. The van der Waals surface area contributed by atoms with Crippen molar-refractivity contribution in [1.29, 1.82) is 0 Å². The summed E-state index contributed by atoms with van der Waals surface area (Å²) in [7, 11) is 1.22. The number of hydrogen-bond acceptors (Lipinski definition) is 4. The van der Waals surface area contributed by atoms with Gasteiger partial charge in [-0.2, -0.15) is 0 Å². The first-order valence-corrected chi connectivity index (χ1v) is 4.28. The lowest BCUT2D eigenvalue weighted by Crippen LogP contribution is -2.01. The van der Waals surface area contributed by atoms with Crippen molar-refractivity contribution in [3.8, 4) is 0 Å². The molecule has 6 nitrogen and oxygen atoms in total. The molecule has 6 heteroatoms. The summed E-state index contributed by atoms with van der Waals surface area (Å²) in [5, 5.41) is 19.2. The highest BCUT2D eigenvalue weighted by molar-refractivity contribution is 5.89. The van der Waals surface area contributed by atoms with E-state index in [4.69, 9.17) is 5.11 Å². The van der Waals surface area contributed by atoms with Gasteiger partial charge in [0.2, 0.25) is 5.76 Å². The zero-order chi connectivity index (χ0) is 12.1. The van der Waals surface area contributed by atoms with Gasteiger partial charge >= 0.3 is 5.97 Å². The number of ether oxygens (including phenoxy) is 1. The van der Waals surface area contributed by atoms with E-state index in [1.165, 1.54) is 31.4 Å². The Morgan fingerprint density at radius 1 is 1.56 bits per heavy atom. The Balaban J connectivity index is 3.09. The minimum absolute atomic E-state index is 0.102. The van der Waals surface area contributed by atoms with Crippen LogP contribution < -0.4 is 0 Å². The maximum Gasteiger partial charge on any atom is 0.371 e. The van der Waals surface area contributed by atoms with Crippen LogP contribution in [0, 0.1) is 10.1 Å². The smallest absolute Gasteiger partial charge is 0.371 e. The number of benzene rings is 1. The van der Waals surface area contributed by atoms with Crippen molar-refractivity contribution >= 4 is 17.7 Å². The lowest BCUT2D eigenvalue weighted by molar-refractivity contribution is -0.384. The second-order valence-electron chi connectivity index (χ2n) is 2.87. The van der Waals surface area contributed by atoms with Gasteiger partial charge in [0.1, 0.15) is 0 Å². The maximum atomic E-state index is 10.6. The SMILES string of the molecule is COC(=Cc1cccc([N+](=O)[O-])c1)C(=O)O. The van der Waals surface area contributed by atoms with E-state index in [-0.39, 0.29) is 11.4 Å². The summed E-state index contributed by atoms with van der Waals surface area (Å²) in [6, 6.07) is 5.61. The largest absolute Gasteiger partial charge is 0.490 e. The van der Waals surface area contributed by atoms with Crippen LogP contribution in [0.4, 0.5) is 5.69 Å². The Bertz CT molecular complexity index is 452. The molecular weight excluding hydrogens is 214 g/mol. The monoisotopic (exact) mass is 223 g/mol. The van der Waals surface area contributed by atoms with E-state index in [0.717, 1.165) is 0 Å². The molecule has 0 fully saturated rings. The number of methoxy groups -OCH3 is 1. The second kappa shape index (κ2) is 4.92. The molecule has 0 unspecified atom stereocenters. The molecule has 1 aromatic rings. The molecule has 1 aromatic carbocycles. The van der Waals surface area contributed by atoms with Crippen LogP contribution in [0.3, 0.4) is 0 Å². The van der Waals surface area contributed by atoms with Crippen molar-refractivity contribution in [2.24, 2.45) is 0 Å². The van der Waals surface area contributed by atoms with Gasteiger partial charge in [0.25, 0.3) is 5.69 Å². The van der Waals surface area contributed by atoms with E-state index in [0.29, 0.717) is 5.56 Å². The number of nitrogens with zero attached hydrogens (tertiary/aromatic N) is 1. The van der Waals surface area contributed by atoms with Crippen LogP contribution in [0.5, 0.6) is 0 Å². The van der Waals surface area contributed by atoms with Crippen molar-refractivity contribution in [3.05, 3.63) is 45.7 Å². The summed E-state index contributed by atoms with van der Waals surface area (Å²) < 4.78 is 4.61. The Hall–Kier alpha value is -2.37. The Morgan fingerprint density at radius 3 is 2.75 bits per heavy atom. The summed E-state index contributed by atoms with van der Waals surface area (Å²) in [6.45, 7) is 0. The van der Waals surface area contributed by atoms with Crippen LogP contribution in [-0.4, -0.2) is 23.1 Å². The van der Waals surface area contributed by atoms with E-state index in [1.807, 2.05) is 0 Å². The number of hydrogen-bond donors (Lipinski definition) is 1. The Kier molecular flexibility index (Phi) is 3.60. The van der Waals surface area contributed by atoms with Gasteiger partial charge in [0.05, 0.1) is 12.0 Å². The molecule has 0 aliphatic heterocycles. The molecule has 16 heavy (non-hydrogen) atoms. The van der Waals surface area contributed by atoms with Gasteiger partial charge in [0, 0.05) is 12.1 Å². The molecule has 0 atom stereocenters. The predicted octanol–water partition coefficient (Wildman–Crippen LogP) is 1.67. The molecule has 0 aliphatic carbocycles. The molecule has 1 rings (SSSR count). The predicted molar refractivity (Wildman–Crippen MR) is 55.7 cm³/mol. The lowest BCUT2D eigenvalue weighted by atomic mass is 10.2. The van der Waals surface area contributed by atoms with Crippen molar-refractivity contribution in [1.82, 2.24) is 0 Å². The van der Waals surface area contributed by atoms with Crippen molar-refractivity contribution in [2.45, 2.75) is 0 Å². The number of nitro groups is 1. The van der Waals surface area contributed by atoms with Gasteiger partial charge in [0.15, 0.2) is 0 Å². The van der Waals surface area contributed by atoms with Crippen LogP contribution >= 0.6 is 0 Å². The highest BCUT2D eigenvalue weighted by Crippen LogP contribution is 2.15. The average Bonchev–Trinajstić information content (AvgIpc) is 2.25. The van der Waals surface area contributed by atoms with E-state index in [1.54, 1.807) is 6.07 Å². The molecule has 0 saturated heterocycles. The van der Waals surface area contributed by atoms with Crippen LogP contribution in [0.1, 0.15) is 5.56 Å². The van der Waals surface area contributed by atoms with Crippen LogP contribution in [0.15, 0.2) is 30.0 Å². The van der Waals surface area contributed by atoms with Gasteiger partial charge < -0.3 is 9.84 Å². The Labute approximate surface area is 90.9 Å². The molecule has 84 valence electrons. The zero-order valence-corrected chi connectivity index (χ0v) is 8.41. The summed E-state index contributed by atoms with van der Waals surface area (Å²) in [6.07, 6.45) is 1.22. The van der Waals surface area contributed by atoms with Crippen molar-refractivity contribution in [2.75, 3.05) is 7.11 Å². The first-order valence-electron chi connectivity index (χ1n) is 4.28. The third kappa shape index (κ3) is 2.81. The molecule has 1 N–H and O–H groups in total. The number of carboxylic acid groups (broad SMARTS) is 1. The lowest BCUT2D eigenvalue weighted by Gasteiger charge is -2.00. The number of non-ortho nitro benzene ring substituents is 1. The fraction of sp³-hybridized carbons (Fsp3) is 0.100. The zero-order valence-electron chi connectivity index (χ0n) is 8.41. The van der Waals surface area contributed by atoms with Gasteiger partial charge in [-0.25, -0.2) is 4.79 Å². The number of carbonyl (C=O) groups is 1. The molecule has 0 radical (unpaired) electrons. The first kappa shape index (κ1) is 11.7. The van der Waals surface area contributed by atoms with Gasteiger partial charge in [-0.1, -0.05) is 12.1 Å². The van der Waals surface area contributed by atoms with Crippen molar-refractivity contribution in [3.63, 3.8) is 0 Å². The molecule has 0 aromatic heterocycles. The second-order valence-corrected chi connectivity index (χ2v) is 2.87. The standard InChI is InChI=1S/C10H9NO5/c1-16-9(10(12)13)6-7-3-2-4-8(5-7)11(14)15/h2-6H,1H3,(H,12,13). The number of nitro benzene ring substituents is 1. The summed E-state index contributed by atoms with van der Waals surface area (Å²) in [4.78, 5) is 20.6. The van der Waals surface area contributed by atoms with Gasteiger partial charge in [-0.15, -0.1) is 0 Å². The highest BCUT2D eigenvalue weighted by atomic mass is 16.6. The molecule has 0 saturated carbocycles. The van der Waals surface area contributed by atoms with Gasteiger partial charge in [-0.3, -0.25) is 10.1 Å². The third-order valence-corrected chi connectivity index (χ3v) is 1.81. The van der Waals surface area contributed by atoms with E-state index < -0.39 is 10.9 Å². The van der Waals surface area contributed by atoms with Crippen LogP contribution in [-0.2, 0) is 9.53 Å². The molecular formula is C10H9NO5. The average molecular weight is 223 g/mol. The minimum Gasteiger partial charge on any atom is -0.490 e. The van der Waals surface area contributed by atoms with Gasteiger partial charge in [-0.05, 0) is 11.6 Å². The molecule has 0 aliphatic rings. The molecule has 0 heterocycles. The van der Waals surface area contributed by atoms with E-state index in [9.17, 15) is 14.9 Å². The number of rotatable bonds is 4. The molecule has 0 amide bonds. The fourth-order valence-electron chi connectivity index (χ4n) is 1.09. The topological polar surface area (TPSA) is 89.7 Å². The molecule has 0 bridgehead atoms. The number of carboxylic acids is 1. The quantitative estimate of drug-likeness (QED) is 0.363. The Morgan fingerprint density at radius 2 is 2.25 bits per heavy atom. The van der Waals surface area contributed by atoms with E-state index >= 15 is 0 Å². The highest BCUT2D eigenvalue weighted by Gasteiger charge is 2.09. The van der Waals surface area contributed by atoms with Crippen LogP contribution in [0.2, 0.25) is 0 Å². The van der Waals surface area contributed by atoms with Crippen LogP contribution in [0.25, 0.3) is 6.08 Å². The fourth-order valence-corrected chi connectivity index (χ4v) is 1.09. The normalized spacial score (nSPS) is 10.9. The minimum atomic E-state index is -1.23. The first-order chi connectivity index (χ1) is 7.54. The van der Waals surface area contributed by atoms with Crippen molar-refractivity contribution < 1.29 is 19.6 Å². The maximum absolute atomic E-state index is 10.6. The summed E-state index contributed by atoms with van der Waals surface area (Å²) in [5.41, 5.74) is 0.294. The summed E-state index contributed by atoms with van der Waals surface area (Å²) in [5.74, 6) is -1.51. The number of aliphatic carboxylic acids is 1.